The van der Waals surface area contributed by atoms with E-state index in [0.717, 1.165) is 12.1 Å². The number of nitrogens with one attached hydrogen (secondary N) is 1. The first-order valence-corrected chi connectivity index (χ1v) is 4.38. The molecule has 0 aromatic heterocycles. The fraction of sp³-hybridized carbons (Fsp3) is 0.300. The van der Waals surface area contributed by atoms with Crippen LogP contribution in [0.25, 0.3) is 0 Å². The number of rotatable bonds is 1. The molecule has 74 valence electrons. The van der Waals surface area contributed by atoms with Gasteiger partial charge in [-0.25, -0.2) is 8.78 Å². The molecule has 1 N–H and O–H groups in total. The van der Waals surface area contributed by atoms with Crippen LogP contribution < -0.4 is 5.32 Å². The van der Waals surface area contributed by atoms with Crippen molar-refractivity contribution in [2.24, 2.45) is 0 Å². The van der Waals surface area contributed by atoms with Crippen LogP contribution in [-0.4, -0.2) is 12.5 Å². The molecule has 1 fully saturated rings. The zero-order valence-corrected chi connectivity index (χ0v) is 7.39. The Morgan fingerprint density at radius 1 is 1.29 bits per heavy atom. The van der Waals surface area contributed by atoms with Gasteiger partial charge < -0.3 is 5.32 Å². The largest absolute Gasteiger partial charge is 0.355 e. The van der Waals surface area contributed by atoms with Gasteiger partial charge in [0.25, 0.3) is 0 Å². The Balaban J connectivity index is 2.24. The van der Waals surface area contributed by atoms with E-state index in [4.69, 9.17) is 0 Å². The highest BCUT2D eigenvalue weighted by Gasteiger charge is 2.23. The number of benzene rings is 1. The van der Waals surface area contributed by atoms with Gasteiger partial charge in [-0.3, -0.25) is 4.79 Å². The highest BCUT2D eigenvalue weighted by Crippen LogP contribution is 2.24. The third kappa shape index (κ3) is 1.60. The van der Waals surface area contributed by atoms with Gasteiger partial charge in [-0.05, 0) is 17.7 Å². The van der Waals surface area contributed by atoms with Gasteiger partial charge in [0.2, 0.25) is 5.91 Å². The van der Waals surface area contributed by atoms with E-state index in [1.807, 2.05) is 0 Å². The highest BCUT2D eigenvalue weighted by atomic mass is 19.2. The monoisotopic (exact) mass is 197 g/mol. The van der Waals surface area contributed by atoms with Crippen molar-refractivity contribution in [1.29, 1.82) is 0 Å². The van der Waals surface area contributed by atoms with Crippen LogP contribution in [0, 0.1) is 11.6 Å². The van der Waals surface area contributed by atoms with Gasteiger partial charge >= 0.3 is 0 Å². The molecule has 0 spiro atoms. The minimum atomic E-state index is -0.859. The van der Waals surface area contributed by atoms with Crippen molar-refractivity contribution in [1.82, 2.24) is 5.32 Å². The quantitative estimate of drug-likeness (QED) is 0.727. The Morgan fingerprint density at radius 2 is 2.07 bits per heavy atom. The molecule has 0 radical (unpaired) electrons. The lowest BCUT2D eigenvalue weighted by Crippen LogP contribution is -2.13. The van der Waals surface area contributed by atoms with Crippen molar-refractivity contribution in [3.8, 4) is 0 Å². The third-order valence-corrected chi connectivity index (χ3v) is 2.39. The number of carbonyl (C=O) groups is 1. The maximum atomic E-state index is 12.8. The molecule has 0 bridgehead atoms. The summed E-state index contributed by atoms with van der Waals surface area (Å²) in [5, 5.41) is 2.65. The van der Waals surface area contributed by atoms with Gasteiger partial charge in [-0.2, -0.15) is 0 Å². The summed E-state index contributed by atoms with van der Waals surface area (Å²) in [7, 11) is 0. The predicted octanol–water partition coefficient (Wildman–Crippen LogP) is 1.57. The minimum absolute atomic E-state index is 0.0300. The van der Waals surface area contributed by atoms with Crippen molar-refractivity contribution >= 4 is 5.91 Å². The zero-order valence-electron chi connectivity index (χ0n) is 7.39. The van der Waals surface area contributed by atoms with Gasteiger partial charge in [0.05, 0.1) is 0 Å². The summed E-state index contributed by atoms with van der Waals surface area (Å²) in [4.78, 5) is 10.9. The summed E-state index contributed by atoms with van der Waals surface area (Å²) in [6.45, 7) is 0.504. The van der Waals surface area contributed by atoms with Gasteiger partial charge in [0, 0.05) is 18.9 Å². The molecule has 1 atom stereocenters. The average molecular weight is 197 g/mol. The predicted molar refractivity (Wildman–Crippen MR) is 46.7 cm³/mol. The topological polar surface area (TPSA) is 29.1 Å². The number of halogens is 2. The van der Waals surface area contributed by atoms with Gasteiger partial charge in [0.15, 0.2) is 11.6 Å². The molecule has 4 heteroatoms. The van der Waals surface area contributed by atoms with E-state index < -0.39 is 11.6 Å². The number of amides is 1. The Bertz CT molecular complexity index is 378. The normalized spacial score (nSPS) is 21.0. The standard InChI is InChI=1S/C10H9F2NO/c11-8-2-1-6(3-9(8)12)7-4-10(14)13-5-7/h1-3,7H,4-5H2,(H,13,14). The Morgan fingerprint density at radius 3 is 2.64 bits per heavy atom. The number of carbonyl (C=O) groups excluding carboxylic acids is 1. The highest BCUT2D eigenvalue weighted by molar-refractivity contribution is 5.79. The fourth-order valence-corrected chi connectivity index (χ4v) is 1.61. The smallest absolute Gasteiger partial charge is 0.220 e. The molecule has 0 saturated carbocycles. The molecule has 1 saturated heterocycles. The Hall–Kier alpha value is -1.45. The first-order chi connectivity index (χ1) is 6.66. The van der Waals surface area contributed by atoms with Gasteiger partial charge in [-0.15, -0.1) is 0 Å². The molecule has 1 aromatic carbocycles. The van der Waals surface area contributed by atoms with Crippen molar-refractivity contribution in [2.75, 3.05) is 6.54 Å². The van der Waals surface area contributed by atoms with Crippen LogP contribution in [0.1, 0.15) is 17.9 Å². The number of hydrogen-bond donors (Lipinski definition) is 1. The molecular weight excluding hydrogens is 188 g/mol. The van der Waals surface area contributed by atoms with Crippen molar-refractivity contribution < 1.29 is 13.6 Å². The molecular formula is C10H9F2NO. The Kier molecular flexibility index (Phi) is 2.19. The summed E-state index contributed by atoms with van der Waals surface area (Å²) in [5.41, 5.74) is 0.669. The van der Waals surface area contributed by atoms with E-state index >= 15 is 0 Å². The van der Waals surface area contributed by atoms with E-state index in [-0.39, 0.29) is 11.8 Å². The molecule has 1 aliphatic heterocycles. The van der Waals surface area contributed by atoms with Crippen LogP contribution in [0.5, 0.6) is 0 Å². The Labute approximate surface area is 79.9 Å². The molecule has 1 amide bonds. The maximum Gasteiger partial charge on any atom is 0.220 e. The molecule has 1 aliphatic rings. The molecule has 14 heavy (non-hydrogen) atoms. The lowest BCUT2D eigenvalue weighted by Gasteiger charge is -2.07. The first kappa shape index (κ1) is 9.12. The van der Waals surface area contributed by atoms with E-state index in [2.05, 4.69) is 5.32 Å². The summed E-state index contributed by atoms with van der Waals surface area (Å²) in [5.74, 6) is -1.79. The molecule has 1 unspecified atom stereocenters. The van der Waals surface area contributed by atoms with Crippen LogP contribution >= 0.6 is 0 Å². The molecule has 2 nitrogen and oxygen atoms in total. The summed E-state index contributed by atoms with van der Waals surface area (Å²) >= 11 is 0. The average Bonchev–Trinajstić information content (AvgIpc) is 2.57. The molecule has 1 aromatic rings. The van der Waals surface area contributed by atoms with Crippen LogP contribution in [0.2, 0.25) is 0 Å². The van der Waals surface area contributed by atoms with Crippen molar-refractivity contribution in [3.63, 3.8) is 0 Å². The molecule has 1 heterocycles. The summed E-state index contributed by atoms with van der Waals surface area (Å²) < 4.78 is 25.5. The van der Waals surface area contributed by atoms with E-state index in [0.29, 0.717) is 18.5 Å². The molecule has 0 aliphatic carbocycles. The van der Waals surface area contributed by atoms with Crippen molar-refractivity contribution in [2.45, 2.75) is 12.3 Å². The maximum absolute atomic E-state index is 12.8. The van der Waals surface area contributed by atoms with Crippen LogP contribution in [0.4, 0.5) is 8.78 Å². The lowest BCUT2D eigenvalue weighted by molar-refractivity contribution is -0.119. The summed E-state index contributed by atoms with van der Waals surface area (Å²) in [6.07, 6.45) is 0.352. The van der Waals surface area contributed by atoms with Gasteiger partial charge in [0.1, 0.15) is 0 Å². The SMILES string of the molecule is O=C1CC(c2ccc(F)c(F)c2)CN1. The van der Waals surface area contributed by atoms with Crippen molar-refractivity contribution in [3.05, 3.63) is 35.4 Å². The van der Waals surface area contributed by atoms with Gasteiger partial charge in [-0.1, -0.05) is 6.07 Å². The van der Waals surface area contributed by atoms with Crippen LogP contribution in [0.15, 0.2) is 18.2 Å². The molecule has 2 rings (SSSR count). The second-order valence-electron chi connectivity index (χ2n) is 3.38. The van der Waals surface area contributed by atoms with E-state index in [9.17, 15) is 13.6 Å². The fourth-order valence-electron chi connectivity index (χ4n) is 1.61. The van der Waals surface area contributed by atoms with E-state index in [1.54, 1.807) is 0 Å². The minimum Gasteiger partial charge on any atom is -0.355 e. The second-order valence-corrected chi connectivity index (χ2v) is 3.38. The van der Waals surface area contributed by atoms with Crippen LogP contribution in [-0.2, 0) is 4.79 Å². The lowest BCUT2D eigenvalue weighted by atomic mass is 9.98. The first-order valence-electron chi connectivity index (χ1n) is 4.38. The number of hydrogen-bond acceptors (Lipinski definition) is 1. The van der Waals surface area contributed by atoms with E-state index in [1.165, 1.54) is 6.07 Å². The van der Waals surface area contributed by atoms with Crippen LogP contribution in [0.3, 0.4) is 0 Å². The third-order valence-electron chi connectivity index (χ3n) is 2.39. The summed E-state index contributed by atoms with van der Waals surface area (Å²) in [6, 6.07) is 3.76. The second kappa shape index (κ2) is 3.36. The zero-order chi connectivity index (χ0) is 10.1.